The van der Waals surface area contributed by atoms with E-state index in [0.29, 0.717) is 5.03 Å². The number of aliphatic hydroxyl groups excluding tert-OH is 1. The summed E-state index contributed by atoms with van der Waals surface area (Å²) in [5.74, 6) is -0.215. The summed E-state index contributed by atoms with van der Waals surface area (Å²) in [5.41, 5.74) is 3.94. The smallest absolute Gasteiger partial charge is 0.230 e. The van der Waals surface area contributed by atoms with Crippen LogP contribution in [0, 0.1) is 5.82 Å². The van der Waals surface area contributed by atoms with Gasteiger partial charge in [-0.25, -0.2) is 9.02 Å². The second-order valence-electron chi connectivity index (χ2n) is 7.25. The van der Waals surface area contributed by atoms with Crippen molar-refractivity contribution >= 4 is 23.5 Å². The quantitative estimate of drug-likeness (QED) is 0.231. The number of aryl methyl sites for hydroxylation is 2. The van der Waals surface area contributed by atoms with Crippen molar-refractivity contribution in [2.45, 2.75) is 43.7 Å². The van der Waals surface area contributed by atoms with Gasteiger partial charge in [0.2, 0.25) is 5.91 Å². The summed E-state index contributed by atoms with van der Waals surface area (Å²) in [4.78, 5) is 15.5. The number of hydrogen-bond acceptors (Lipinski definition) is 8. The van der Waals surface area contributed by atoms with Crippen molar-refractivity contribution in [2.24, 2.45) is 4.99 Å². The van der Waals surface area contributed by atoms with Crippen molar-refractivity contribution in [3.05, 3.63) is 40.8 Å². The van der Waals surface area contributed by atoms with Crippen LogP contribution < -0.4 is 10.8 Å². The van der Waals surface area contributed by atoms with Crippen LogP contribution in [0.4, 0.5) is 4.39 Å². The molecule has 9 nitrogen and oxygen atoms in total. The number of aromatic nitrogens is 2. The first-order chi connectivity index (χ1) is 14.3. The second-order valence-corrected chi connectivity index (χ2v) is 8.21. The van der Waals surface area contributed by atoms with E-state index < -0.39 is 5.54 Å². The highest BCUT2D eigenvalue weighted by Gasteiger charge is 2.21. The van der Waals surface area contributed by atoms with Gasteiger partial charge in [-0.3, -0.25) is 20.5 Å². The minimum Gasteiger partial charge on any atom is -0.394 e. The van der Waals surface area contributed by atoms with Gasteiger partial charge in [0.25, 0.3) is 0 Å². The molecule has 0 spiro atoms. The lowest BCUT2D eigenvalue weighted by molar-refractivity contribution is -0.120. The van der Waals surface area contributed by atoms with Gasteiger partial charge < -0.3 is 10.4 Å². The molecule has 30 heavy (non-hydrogen) atoms. The Bertz CT molecular complexity index is 888. The molecule has 11 heteroatoms. The minimum absolute atomic E-state index is 0.0626. The second kappa shape index (κ2) is 11.0. The molecule has 1 aromatic heterocycles. The van der Waals surface area contributed by atoms with E-state index in [1.165, 1.54) is 24.6 Å². The van der Waals surface area contributed by atoms with Crippen molar-refractivity contribution in [3.8, 4) is 0 Å². The number of benzene rings is 1. The molecule has 1 amide bonds. The molecule has 0 unspecified atom stereocenters. The molecule has 0 saturated heterocycles. The summed E-state index contributed by atoms with van der Waals surface area (Å²) in [6.45, 7) is 3.24. The van der Waals surface area contributed by atoms with Crippen molar-refractivity contribution in [2.75, 3.05) is 19.4 Å². The maximum absolute atomic E-state index is 12.6. The van der Waals surface area contributed by atoms with Crippen LogP contribution in [0.5, 0.6) is 0 Å². The number of nitrogens with zero attached hydrogens (tertiary/aromatic N) is 3. The van der Waals surface area contributed by atoms with Gasteiger partial charge in [0.05, 0.1) is 17.9 Å². The number of hydrogen-bond donors (Lipinski definition) is 4. The topological polar surface area (TPSA) is 133 Å². The molecular weight excluding hydrogens is 413 g/mol. The van der Waals surface area contributed by atoms with Gasteiger partial charge in [0.15, 0.2) is 16.6 Å². The van der Waals surface area contributed by atoms with Gasteiger partial charge in [-0.15, -0.1) is 0 Å². The molecule has 0 atom stereocenters. The molecule has 164 valence electrons. The van der Waals surface area contributed by atoms with E-state index in [2.05, 4.69) is 25.3 Å². The van der Waals surface area contributed by atoms with Crippen molar-refractivity contribution < 1.29 is 24.1 Å². The number of aliphatic imine (C=N–C) groups is 1. The van der Waals surface area contributed by atoms with E-state index in [-0.39, 0.29) is 35.6 Å². The number of carbonyl (C=O) groups excluding carboxylic acids is 1. The Hall–Kier alpha value is -2.50. The van der Waals surface area contributed by atoms with Crippen LogP contribution in [0.25, 0.3) is 0 Å². The van der Waals surface area contributed by atoms with Gasteiger partial charge in [-0.2, -0.15) is 0 Å². The zero-order chi connectivity index (χ0) is 22.1. The van der Waals surface area contributed by atoms with Crippen LogP contribution in [0.3, 0.4) is 0 Å². The van der Waals surface area contributed by atoms with Gasteiger partial charge in [0.1, 0.15) is 5.82 Å². The number of amides is 1. The molecular formula is C19H26FN5O4S. The largest absolute Gasteiger partial charge is 0.394 e. The lowest BCUT2D eigenvalue weighted by atomic mass is 10.1. The fourth-order valence-corrected chi connectivity index (χ4v) is 3.45. The highest BCUT2D eigenvalue weighted by Crippen LogP contribution is 2.22. The van der Waals surface area contributed by atoms with Crippen LogP contribution >= 0.6 is 11.8 Å². The van der Waals surface area contributed by atoms with Crippen LogP contribution in [0.2, 0.25) is 0 Å². The Morgan fingerprint density at radius 2 is 2.07 bits per heavy atom. The summed E-state index contributed by atoms with van der Waals surface area (Å²) in [7, 11) is 1.46. The molecule has 4 N–H and O–H groups in total. The molecule has 1 aliphatic rings. The summed E-state index contributed by atoms with van der Waals surface area (Å²) in [5, 5.41) is 28.2. The van der Waals surface area contributed by atoms with Crippen molar-refractivity contribution in [1.29, 1.82) is 0 Å². The Morgan fingerprint density at radius 1 is 1.33 bits per heavy atom. The third-order valence-corrected chi connectivity index (χ3v) is 5.23. The average Bonchev–Trinajstić information content (AvgIpc) is 3.36. The molecule has 2 aromatic rings. The molecule has 0 fully saturated rings. The first-order valence-corrected chi connectivity index (χ1v) is 10.3. The third kappa shape index (κ3) is 6.78. The number of hydroxylamine groups is 1. The van der Waals surface area contributed by atoms with Gasteiger partial charge in [-0.1, -0.05) is 17.8 Å². The lowest BCUT2D eigenvalue weighted by Crippen LogP contribution is -2.47. The molecule has 0 radical (unpaired) electrons. The van der Waals surface area contributed by atoms with E-state index in [1.54, 1.807) is 26.0 Å². The first kappa shape index (κ1) is 23.8. The molecule has 0 bridgehead atoms. The highest BCUT2D eigenvalue weighted by atomic mass is 32.2. The van der Waals surface area contributed by atoms with Gasteiger partial charge in [0, 0.05) is 7.05 Å². The van der Waals surface area contributed by atoms with E-state index in [0.717, 1.165) is 24.6 Å². The number of halogens is 1. The van der Waals surface area contributed by atoms with E-state index in [4.69, 9.17) is 10.3 Å². The predicted molar refractivity (Wildman–Crippen MR) is 110 cm³/mol. The van der Waals surface area contributed by atoms with Gasteiger partial charge >= 0.3 is 0 Å². The summed E-state index contributed by atoms with van der Waals surface area (Å²) in [6, 6.07) is 5.10. The third-order valence-electron chi connectivity index (χ3n) is 4.29. The Morgan fingerprint density at radius 3 is 2.73 bits per heavy atom. The van der Waals surface area contributed by atoms with Crippen molar-refractivity contribution in [1.82, 2.24) is 21.1 Å². The SMILES string of the molecule is CN=C(NO)c1nonc1SCC(=O)NC(C)(C)CO.Fc1ccc2c(c1)CCC2. The number of carbonyl (C=O) groups is 1. The van der Waals surface area contributed by atoms with E-state index in [1.807, 2.05) is 11.5 Å². The Labute approximate surface area is 178 Å². The average molecular weight is 440 g/mol. The summed E-state index contributed by atoms with van der Waals surface area (Å²) >= 11 is 1.08. The van der Waals surface area contributed by atoms with E-state index >= 15 is 0 Å². The number of amidine groups is 1. The summed E-state index contributed by atoms with van der Waals surface area (Å²) < 4.78 is 17.1. The van der Waals surface area contributed by atoms with Gasteiger partial charge in [-0.05, 0) is 66.7 Å². The standard InChI is InChI=1S/C10H17N5O4S.C9H9F/c1-10(2,5-16)12-6(17)4-20-9-7(14-19-15-9)8(11-3)13-18;10-9-5-4-7-2-1-3-8(7)6-9/h16,18H,4-5H2,1-3H3,(H,11,13)(H,12,17);4-6H,1-3H2. The first-order valence-electron chi connectivity index (χ1n) is 9.31. The number of fused-ring (bicyclic) bond motifs is 1. The van der Waals surface area contributed by atoms with E-state index in [9.17, 15) is 9.18 Å². The lowest BCUT2D eigenvalue weighted by Gasteiger charge is -2.23. The number of aliphatic hydroxyl groups is 1. The predicted octanol–water partition coefficient (Wildman–Crippen LogP) is 1.72. The molecule has 0 aliphatic heterocycles. The molecule has 1 aromatic carbocycles. The zero-order valence-electron chi connectivity index (χ0n) is 17.1. The van der Waals surface area contributed by atoms with Crippen molar-refractivity contribution in [3.63, 3.8) is 0 Å². The van der Waals surface area contributed by atoms with Crippen LogP contribution in [0.1, 0.15) is 37.1 Å². The minimum atomic E-state index is -0.689. The fourth-order valence-electron chi connectivity index (χ4n) is 2.76. The normalized spacial score (nSPS) is 13.3. The van der Waals surface area contributed by atoms with Crippen LogP contribution in [-0.4, -0.2) is 57.3 Å². The highest BCUT2D eigenvalue weighted by molar-refractivity contribution is 8.00. The maximum Gasteiger partial charge on any atom is 0.230 e. The number of thioether (sulfide) groups is 1. The summed E-state index contributed by atoms with van der Waals surface area (Å²) in [6.07, 6.45) is 3.39. The zero-order valence-corrected chi connectivity index (χ0v) is 17.9. The Balaban J connectivity index is 0.000000263. The maximum atomic E-state index is 12.6. The number of nitrogens with one attached hydrogen (secondary N) is 2. The number of rotatable bonds is 6. The monoisotopic (exact) mass is 439 g/mol. The van der Waals surface area contributed by atoms with Crippen LogP contribution in [0.15, 0.2) is 32.8 Å². The Kier molecular flexibility index (Phi) is 8.75. The molecule has 1 heterocycles. The molecule has 1 aliphatic carbocycles. The van der Waals surface area contributed by atoms with Crippen LogP contribution in [-0.2, 0) is 17.6 Å². The fraction of sp³-hybridized carbons (Fsp3) is 0.474. The molecule has 0 saturated carbocycles. The molecule has 3 rings (SSSR count).